The summed E-state index contributed by atoms with van der Waals surface area (Å²) in [5.41, 5.74) is 1.67. The van der Waals surface area contributed by atoms with E-state index in [0.717, 1.165) is 25.9 Å². The normalized spacial score (nSPS) is 19.6. The number of anilines is 1. The summed E-state index contributed by atoms with van der Waals surface area (Å²) < 4.78 is 14.0. The van der Waals surface area contributed by atoms with Crippen LogP contribution in [0.4, 0.5) is 20.6 Å². The van der Waals surface area contributed by atoms with Gasteiger partial charge in [0.05, 0.1) is 16.4 Å². The number of rotatable bonds is 2. The van der Waals surface area contributed by atoms with Gasteiger partial charge in [-0.15, -0.1) is 0 Å². The second kappa shape index (κ2) is 5.46. The monoisotopic (exact) mass is 310 g/mol. The van der Waals surface area contributed by atoms with Crippen LogP contribution >= 0.6 is 11.6 Å². The first-order valence-corrected chi connectivity index (χ1v) is 7.64. The van der Waals surface area contributed by atoms with Crippen LogP contribution in [-0.2, 0) is 0 Å². The Balaban J connectivity index is 1.91. The molecule has 0 spiro atoms. The summed E-state index contributed by atoms with van der Waals surface area (Å²) in [7, 11) is 0. The zero-order valence-electron chi connectivity index (χ0n) is 12.1. The molecule has 2 heterocycles. The Labute approximate surface area is 128 Å². The Morgan fingerprint density at radius 2 is 2.10 bits per heavy atom. The summed E-state index contributed by atoms with van der Waals surface area (Å²) >= 11 is 6.18. The van der Waals surface area contributed by atoms with Gasteiger partial charge in [0.15, 0.2) is 0 Å². The maximum Gasteiger partial charge on any atom is 0.346 e. The van der Waals surface area contributed by atoms with Gasteiger partial charge < -0.3 is 10.2 Å². The van der Waals surface area contributed by atoms with E-state index in [9.17, 15) is 9.18 Å². The van der Waals surface area contributed by atoms with Gasteiger partial charge in [-0.3, -0.25) is 0 Å². The number of nitrogens with zero attached hydrogens (tertiary/aromatic N) is 2. The number of hydrogen-bond donors (Lipinski definition) is 1. The second-order valence-corrected chi connectivity index (χ2v) is 6.30. The molecule has 1 aromatic rings. The summed E-state index contributed by atoms with van der Waals surface area (Å²) in [6.07, 6.45) is 1.81. The molecule has 0 atom stereocenters. The Kier molecular flexibility index (Phi) is 3.80. The number of benzene rings is 1. The van der Waals surface area contributed by atoms with E-state index in [1.807, 2.05) is 0 Å². The van der Waals surface area contributed by atoms with E-state index < -0.39 is 11.8 Å². The Bertz CT molecular complexity index is 583. The third-order valence-corrected chi connectivity index (χ3v) is 4.74. The number of nitrogens with one attached hydrogen (secondary N) is 1. The molecule has 6 heteroatoms. The van der Waals surface area contributed by atoms with Crippen LogP contribution in [0.1, 0.15) is 38.2 Å². The van der Waals surface area contributed by atoms with Crippen LogP contribution in [0.5, 0.6) is 0 Å². The average molecular weight is 311 g/mol. The van der Waals surface area contributed by atoms with Crippen molar-refractivity contribution in [2.24, 2.45) is 0 Å². The predicted octanol–water partition coefficient (Wildman–Crippen LogP) is 3.85. The molecule has 0 saturated carbocycles. The van der Waals surface area contributed by atoms with E-state index >= 15 is 0 Å². The summed E-state index contributed by atoms with van der Waals surface area (Å²) in [5, 5.41) is 6.61. The largest absolute Gasteiger partial charge is 0.346 e. The molecule has 1 fully saturated rings. The van der Waals surface area contributed by atoms with E-state index in [1.165, 1.54) is 6.07 Å². The van der Waals surface area contributed by atoms with Gasteiger partial charge in [0, 0.05) is 17.7 Å². The third-order valence-electron chi connectivity index (χ3n) is 4.36. The lowest BCUT2D eigenvalue weighted by molar-refractivity contribution is 0.172. The lowest BCUT2D eigenvalue weighted by Crippen LogP contribution is -2.38. The fraction of sp³-hybridized carbons (Fsp3) is 0.533. The fourth-order valence-corrected chi connectivity index (χ4v) is 3.49. The van der Waals surface area contributed by atoms with Crippen LogP contribution in [0.2, 0.25) is 5.02 Å². The first-order valence-electron chi connectivity index (χ1n) is 7.26. The minimum atomic E-state index is -0.503. The summed E-state index contributed by atoms with van der Waals surface area (Å²) in [4.78, 5) is 13.8. The van der Waals surface area contributed by atoms with Crippen molar-refractivity contribution in [3.8, 4) is 0 Å². The molecule has 1 aromatic carbocycles. The highest BCUT2D eigenvalue weighted by molar-refractivity contribution is 6.32. The zero-order valence-corrected chi connectivity index (χ0v) is 12.9. The maximum atomic E-state index is 14.0. The molecule has 0 unspecified atom stereocenters. The van der Waals surface area contributed by atoms with Crippen LogP contribution in [0.15, 0.2) is 6.07 Å². The quantitative estimate of drug-likeness (QED) is 0.902. The predicted molar refractivity (Wildman–Crippen MR) is 80.9 cm³/mol. The highest BCUT2D eigenvalue weighted by atomic mass is 35.5. The van der Waals surface area contributed by atoms with E-state index in [1.54, 1.807) is 0 Å². The molecule has 1 radical (unpaired) electrons. The topological polar surface area (TPSA) is 46.4 Å². The first-order chi connectivity index (χ1) is 9.97. The van der Waals surface area contributed by atoms with Gasteiger partial charge in [0.25, 0.3) is 0 Å². The van der Waals surface area contributed by atoms with Gasteiger partial charge >= 0.3 is 6.03 Å². The molecule has 0 aromatic heterocycles. The van der Waals surface area contributed by atoms with E-state index in [4.69, 9.17) is 11.6 Å². The molecule has 2 aliphatic rings. The number of likely N-dealkylation sites (tertiary alicyclic amines) is 1. The van der Waals surface area contributed by atoms with Crippen molar-refractivity contribution >= 4 is 29.0 Å². The van der Waals surface area contributed by atoms with Crippen molar-refractivity contribution in [3.05, 3.63) is 22.5 Å². The molecule has 2 aliphatic heterocycles. The number of halogens is 2. The molecule has 1 saturated heterocycles. The van der Waals surface area contributed by atoms with Gasteiger partial charge in [-0.25, -0.2) is 9.18 Å². The van der Waals surface area contributed by atoms with Crippen molar-refractivity contribution < 1.29 is 9.18 Å². The van der Waals surface area contributed by atoms with Crippen LogP contribution in [0, 0.1) is 5.82 Å². The summed E-state index contributed by atoms with van der Waals surface area (Å²) in [6.45, 7) is 6.25. The minimum Gasteiger partial charge on any atom is -0.304 e. The van der Waals surface area contributed by atoms with Crippen LogP contribution in [-0.4, -0.2) is 30.1 Å². The van der Waals surface area contributed by atoms with Gasteiger partial charge in [-0.2, -0.15) is 5.32 Å². The lowest BCUT2D eigenvalue weighted by Gasteiger charge is -2.35. The second-order valence-electron chi connectivity index (χ2n) is 5.93. The molecule has 1 N–H and O–H groups in total. The molecule has 0 bridgehead atoms. The highest BCUT2D eigenvalue weighted by Crippen LogP contribution is 2.44. The fourth-order valence-electron chi connectivity index (χ4n) is 3.18. The minimum absolute atomic E-state index is 0.120. The summed E-state index contributed by atoms with van der Waals surface area (Å²) in [5.74, 6) is -0.345. The lowest BCUT2D eigenvalue weighted by atomic mass is 9.87. The summed E-state index contributed by atoms with van der Waals surface area (Å²) in [6, 6.07) is 1.28. The first kappa shape index (κ1) is 14.6. The van der Waals surface area contributed by atoms with Crippen molar-refractivity contribution in [2.75, 3.05) is 18.4 Å². The van der Waals surface area contributed by atoms with Crippen molar-refractivity contribution in [2.45, 2.75) is 38.6 Å². The van der Waals surface area contributed by atoms with Crippen molar-refractivity contribution in [1.82, 2.24) is 10.2 Å². The number of amides is 2. The van der Waals surface area contributed by atoms with Crippen LogP contribution in [0.25, 0.3) is 0 Å². The molecule has 2 amide bonds. The number of urea groups is 1. The van der Waals surface area contributed by atoms with E-state index in [-0.39, 0.29) is 10.9 Å². The molecule has 0 aliphatic carbocycles. The van der Waals surface area contributed by atoms with Gasteiger partial charge in [0.1, 0.15) is 5.82 Å². The Hall–Kier alpha value is -1.33. The smallest absolute Gasteiger partial charge is 0.304 e. The molecule has 21 heavy (non-hydrogen) atoms. The van der Waals surface area contributed by atoms with Crippen molar-refractivity contribution in [3.63, 3.8) is 0 Å². The molecular weight excluding hydrogens is 293 g/mol. The third kappa shape index (κ3) is 2.60. The SMILES string of the molecule is CC(C)N1CCC(c2c(Cl)c(F)cc3c2NC(=O)[N]3)CC1. The molecular formula is C15H18ClFN3O. The number of carbonyl (C=O) groups is 1. The van der Waals surface area contributed by atoms with Crippen LogP contribution in [0.3, 0.4) is 0 Å². The zero-order chi connectivity index (χ0) is 15.1. The number of piperidine rings is 1. The highest BCUT2D eigenvalue weighted by Gasteiger charge is 2.32. The Morgan fingerprint density at radius 3 is 2.71 bits per heavy atom. The van der Waals surface area contributed by atoms with Gasteiger partial charge in [-0.1, -0.05) is 11.6 Å². The van der Waals surface area contributed by atoms with E-state index in [2.05, 4.69) is 29.4 Å². The van der Waals surface area contributed by atoms with Crippen molar-refractivity contribution in [1.29, 1.82) is 0 Å². The van der Waals surface area contributed by atoms with Gasteiger partial charge in [0.2, 0.25) is 0 Å². The van der Waals surface area contributed by atoms with E-state index in [0.29, 0.717) is 23.0 Å². The van der Waals surface area contributed by atoms with Gasteiger partial charge in [-0.05, 0) is 45.7 Å². The Morgan fingerprint density at radius 1 is 1.43 bits per heavy atom. The number of fused-ring (bicyclic) bond motifs is 1. The standard InChI is InChI=1S/C15H18ClFN3O/c1-8(2)20-5-3-9(4-6-20)12-13(16)10(17)7-11-14(12)19-15(21)18-11/h7-9H,3-6H2,1-2H3,(H,19,21). The maximum absolute atomic E-state index is 14.0. The average Bonchev–Trinajstić information content (AvgIpc) is 2.80. The number of hydrogen-bond acceptors (Lipinski definition) is 2. The molecule has 3 rings (SSSR count). The number of carbonyl (C=O) groups excluding carboxylic acids is 1. The van der Waals surface area contributed by atoms with Crippen LogP contribution < -0.4 is 10.6 Å². The molecule has 113 valence electrons. The molecule has 4 nitrogen and oxygen atoms in total.